The Hall–Kier alpha value is -0.170. The highest BCUT2D eigenvalue weighted by Crippen LogP contribution is 2.01. The third kappa shape index (κ3) is 29.7. The van der Waals surface area contributed by atoms with Crippen LogP contribution in [-0.4, -0.2) is 42.6 Å². The van der Waals surface area contributed by atoms with Crippen LogP contribution in [0.15, 0.2) is 0 Å². The number of unbranched alkanes of at least 4 members (excludes halogenated alkanes) is 5. The minimum absolute atomic E-state index is 1.29. The first-order valence-electron chi connectivity index (χ1n) is 6.69. The smallest absolute Gasteiger partial charge is 0.306 e. The maximum atomic E-state index is 8.74. The SMILES string of the molecule is CCCCCCN(C)CCCCC.O=S(=O)(O)O. The quantitative estimate of drug-likeness (QED) is 0.502. The fourth-order valence-electron chi connectivity index (χ4n) is 1.55. The molecule has 0 rings (SSSR count). The molecule has 0 aromatic heterocycles. The van der Waals surface area contributed by atoms with E-state index in [-0.39, 0.29) is 0 Å². The molecule has 0 aliphatic carbocycles. The molecule has 0 atom stereocenters. The van der Waals surface area contributed by atoms with Gasteiger partial charge in [0.2, 0.25) is 0 Å². The van der Waals surface area contributed by atoms with Crippen molar-refractivity contribution in [2.75, 3.05) is 20.1 Å². The van der Waals surface area contributed by atoms with Gasteiger partial charge in [-0.3, -0.25) is 9.11 Å². The first kappa shape index (κ1) is 20.2. The third-order valence-corrected chi connectivity index (χ3v) is 2.54. The Kier molecular flexibility index (Phi) is 14.9. The van der Waals surface area contributed by atoms with E-state index in [2.05, 4.69) is 25.8 Å². The fourth-order valence-corrected chi connectivity index (χ4v) is 1.55. The van der Waals surface area contributed by atoms with Gasteiger partial charge in [0.05, 0.1) is 0 Å². The van der Waals surface area contributed by atoms with Crippen molar-refractivity contribution in [3.8, 4) is 0 Å². The van der Waals surface area contributed by atoms with Gasteiger partial charge in [-0.15, -0.1) is 0 Å². The third-order valence-electron chi connectivity index (χ3n) is 2.54. The summed E-state index contributed by atoms with van der Waals surface area (Å²) in [5.41, 5.74) is 0. The zero-order valence-electron chi connectivity index (χ0n) is 11.9. The maximum Gasteiger partial charge on any atom is 0.394 e. The Balaban J connectivity index is 0. The van der Waals surface area contributed by atoms with Gasteiger partial charge in [-0.1, -0.05) is 46.0 Å². The van der Waals surface area contributed by atoms with E-state index >= 15 is 0 Å². The first-order chi connectivity index (χ1) is 8.31. The van der Waals surface area contributed by atoms with Crippen molar-refractivity contribution in [1.82, 2.24) is 4.90 Å². The summed E-state index contributed by atoms with van der Waals surface area (Å²) >= 11 is 0. The highest BCUT2D eigenvalue weighted by Gasteiger charge is 1.96. The lowest BCUT2D eigenvalue weighted by molar-refractivity contribution is 0.316. The summed E-state index contributed by atoms with van der Waals surface area (Å²) < 4.78 is 31.6. The molecule has 0 heterocycles. The Morgan fingerprint density at radius 1 is 0.833 bits per heavy atom. The van der Waals surface area contributed by atoms with E-state index in [1.165, 1.54) is 58.0 Å². The predicted octanol–water partition coefficient (Wildman–Crippen LogP) is 3.04. The van der Waals surface area contributed by atoms with Crippen LogP contribution in [-0.2, 0) is 10.4 Å². The van der Waals surface area contributed by atoms with Crippen molar-refractivity contribution < 1.29 is 17.5 Å². The zero-order chi connectivity index (χ0) is 14.4. The van der Waals surface area contributed by atoms with E-state index in [1.807, 2.05) is 0 Å². The molecule has 0 aliphatic heterocycles. The average molecular weight is 283 g/mol. The summed E-state index contributed by atoms with van der Waals surface area (Å²) in [5.74, 6) is 0. The topological polar surface area (TPSA) is 77.8 Å². The molecule has 0 saturated heterocycles. The van der Waals surface area contributed by atoms with Crippen molar-refractivity contribution in [3.05, 3.63) is 0 Å². The molecule has 0 aliphatic rings. The maximum absolute atomic E-state index is 8.74. The zero-order valence-corrected chi connectivity index (χ0v) is 12.7. The summed E-state index contributed by atoms with van der Waals surface area (Å²) in [5, 5.41) is 0. The molecule has 6 heteroatoms. The van der Waals surface area contributed by atoms with Crippen LogP contribution in [0.25, 0.3) is 0 Å². The number of hydrogen-bond donors (Lipinski definition) is 2. The molecule has 0 unspecified atom stereocenters. The minimum atomic E-state index is -4.67. The molecule has 2 N–H and O–H groups in total. The molecule has 0 spiro atoms. The normalized spacial score (nSPS) is 11.2. The van der Waals surface area contributed by atoms with Crippen molar-refractivity contribution in [1.29, 1.82) is 0 Å². The van der Waals surface area contributed by atoms with Gasteiger partial charge in [0.1, 0.15) is 0 Å². The summed E-state index contributed by atoms with van der Waals surface area (Å²) in [6.45, 7) is 7.12. The van der Waals surface area contributed by atoms with Gasteiger partial charge in [-0.2, -0.15) is 8.42 Å². The molecule has 0 amide bonds. The summed E-state index contributed by atoms with van der Waals surface area (Å²) in [4.78, 5) is 2.48. The van der Waals surface area contributed by atoms with Gasteiger partial charge >= 0.3 is 10.4 Å². The molecule has 0 aromatic carbocycles. The van der Waals surface area contributed by atoms with Crippen LogP contribution in [0, 0.1) is 0 Å². The van der Waals surface area contributed by atoms with Crippen LogP contribution in [0.3, 0.4) is 0 Å². The van der Waals surface area contributed by atoms with E-state index in [0.29, 0.717) is 0 Å². The fraction of sp³-hybridized carbons (Fsp3) is 1.00. The Morgan fingerprint density at radius 2 is 1.17 bits per heavy atom. The van der Waals surface area contributed by atoms with Gasteiger partial charge < -0.3 is 4.90 Å². The van der Waals surface area contributed by atoms with Gasteiger partial charge in [0.25, 0.3) is 0 Å². The Morgan fingerprint density at radius 3 is 1.56 bits per heavy atom. The van der Waals surface area contributed by atoms with Crippen molar-refractivity contribution in [3.63, 3.8) is 0 Å². The second-order valence-electron chi connectivity index (χ2n) is 4.52. The summed E-state index contributed by atoms with van der Waals surface area (Å²) in [6.07, 6.45) is 9.65. The molecular formula is C12H29NO4S. The number of nitrogens with zero attached hydrogens (tertiary/aromatic N) is 1. The second-order valence-corrected chi connectivity index (χ2v) is 5.41. The molecule has 0 saturated carbocycles. The van der Waals surface area contributed by atoms with E-state index in [0.717, 1.165) is 0 Å². The van der Waals surface area contributed by atoms with Gasteiger partial charge in [-0.25, -0.2) is 0 Å². The van der Waals surface area contributed by atoms with Gasteiger partial charge in [0.15, 0.2) is 0 Å². The van der Waals surface area contributed by atoms with E-state index < -0.39 is 10.4 Å². The lowest BCUT2D eigenvalue weighted by atomic mass is 10.2. The summed E-state index contributed by atoms with van der Waals surface area (Å²) in [6, 6.07) is 0. The van der Waals surface area contributed by atoms with Crippen LogP contribution in [0.2, 0.25) is 0 Å². The highest BCUT2D eigenvalue weighted by atomic mass is 32.3. The Labute approximate surface area is 112 Å². The molecular weight excluding hydrogens is 254 g/mol. The van der Waals surface area contributed by atoms with E-state index in [1.54, 1.807) is 0 Å². The van der Waals surface area contributed by atoms with Crippen LogP contribution in [0.5, 0.6) is 0 Å². The first-order valence-corrected chi connectivity index (χ1v) is 8.09. The standard InChI is InChI=1S/C12H27N.H2O4S/c1-4-6-8-10-12-13(3)11-9-7-5-2;1-5(2,3)4/h4-12H2,1-3H3;(H2,1,2,3,4). The molecule has 112 valence electrons. The molecule has 18 heavy (non-hydrogen) atoms. The Bertz CT molecular complexity index is 247. The molecule has 5 nitrogen and oxygen atoms in total. The molecule has 0 bridgehead atoms. The van der Waals surface area contributed by atoms with Crippen molar-refractivity contribution in [2.45, 2.75) is 58.8 Å². The largest absolute Gasteiger partial charge is 0.394 e. The van der Waals surface area contributed by atoms with Crippen LogP contribution < -0.4 is 0 Å². The predicted molar refractivity (Wildman–Crippen MR) is 75.3 cm³/mol. The van der Waals surface area contributed by atoms with Crippen LogP contribution in [0.1, 0.15) is 58.8 Å². The molecule has 0 radical (unpaired) electrons. The number of rotatable bonds is 9. The lowest BCUT2D eigenvalue weighted by Gasteiger charge is -2.15. The van der Waals surface area contributed by atoms with E-state index in [4.69, 9.17) is 17.5 Å². The van der Waals surface area contributed by atoms with Crippen LogP contribution in [0.4, 0.5) is 0 Å². The lowest BCUT2D eigenvalue weighted by Crippen LogP contribution is -2.20. The van der Waals surface area contributed by atoms with Crippen LogP contribution >= 0.6 is 0 Å². The molecule has 0 fully saturated rings. The summed E-state index contributed by atoms with van der Waals surface area (Å²) in [7, 11) is -2.42. The average Bonchev–Trinajstić information content (AvgIpc) is 2.22. The highest BCUT2D eigenvalue weighted by molar-refractivity contribution is 7.79. The van der Waals surface area contributed by atoms with Crippen molar-refractivity contribution in [2.24, 2.45) is 0 Å². The van der Waals surface area contributed by atoms with E-state index in [9.17, 15) is 0 Å². The molecule has 0 aromatic rings. The monoisotopic (exact) mass is 283 g/mol. The number of hydrogen-bond acceptors (Lipinski definition) is 3. The second kappa shape index (κ2) is 13.3. The van der Waals surface area contributed by atoms with Gasteiger partial charge in [-0.05, 0) is 33.0 Å². The minimum Gasteiger partial charge on any atom is -0.306 e. The van der Waals surface area contributed by atoms with Crippen molar-refractivity contribution >= 4 is 10.4 Å². The van der Waals surface area contributed by atoms with Gasteiger partial charge in [0, 0.05) is 0 Å².